The molecule has 2 aliphatic rings. The number of rotatable bonds is 3. The first-order valence-electron chi connectivity index (χ1n) is 9.30. The largest absolute Gasteiger partial charge is 0.355 e. The number of piperazine rings is 1. The van der Waals surface area contributed by atoms with Crippen LogP contribution in [-0.2, 0) is 19.8 Å². The smallest absolute Gasteiger partial charge is 0.232 e. The number of hydrogen-bond donors (Lipinski definition) is 1. The van der Waals surface area contributed by atoms with Gasteiger partial charge in [0.1, 0.15) is 0 Å². The minimum atomic E-state index is -0.582. The summed E-state index contributed by atoms with van der Waals surface area (Å²) in [6, 6.07) is 9.81. The fourth-order valence-electron chi connectivity index (χ4n) is 3.71. The Balaban J connectivity index is 1.57. The highest BCUT2D eigenvalue weighted by molar-refractivity contribution is 5.88. The van der Waals surface area contributed by atoms with Crippen molar-refractivity contribution in [2.24, 2.45) is 5.92 Å². The number of hydrogen-bond acceptors (Lipinski definition) is 3. The third kappa shape index (κ3) is 3.74. The molecule has 0 aliphatic carbocycles. The molecule has 1 aromatic carbocycles. The molecule has 3 rings (SSSR count). The molecule has 3 amide bonds. The van der Waals surface area contributed by atoms with E-state index in [-0.39, 0.29) is 23.6 Å². The summed E-state index contributed by atoms with van der Waals surface area (Å²) in [6.07, 6.45) is 1.03. The molecule has 2 saturated heterocycles. The zero-order chi connectivity index (χ0) is 18.7. The van der Waals surface area contributed by atoms with E-state index in [2.05, 4.69) is 5.32 Å². The first kappa shape index (κ1) is 18.4. The van der Waals surface area contributed by atoms with Gasteiger partial charge in [0.2, 0.25) is 17.7 Å². The summed E-state index contributed by atoms with van der Waals surface area (Å²) in [6.45, 7) is 6.55. The van der Waals surface area contributed by atoms with Gasteiger partial charge in [-0.1, -0.05) is 30.3 Å². The van der Waals surface area contributed by atoms with Gasteiger partial charge in [-0.3, -0.25) is 14.4 Å². The molecule has 1 aromatic rings. The number of piperidine rings is 1. The van der Waals surface area contributed by atoms with E-state index < -0.39 is 5.41 Å². The van der Waals surface area contributed by atoms with Gasteiger partial charge in [0.25, 0.3) is 0 Å². The van der Waals surface area contributed by atoms with E-state index in [4.69, 9.17) is 0 Å². The lowest BCUT2D eigenvalue weighted by Gasteiger charge is -2.40. The Kier molecular flexibility index (Phi) is 5.30. The van der Waals surface area contributed by atoms with Gasteiger partial charge in [-0.2, -0.15) is 0 Å². The van der Waals surface area contributed by atoms with Gasteiger partial charge in [0.15, 0.2) is 0 Å². The van der Waals surface area contributed by atoms with Gasteiger partial charge in [-0.25, -0.2) is 0 Å². The second kappa shape index (κ2) is 7.48. The van der Waals surface area contributed by atoms with Crippen LogP contribution < -0.4 is 5.32 Å². The van der Waals surface area contributed by atoms with Crippen molar-refractivity contribution in [2.45, 2.75) is 32.1 Å². The zero-order valence-corrected chi connectivity index (χ0v) is 15.5. The van der Waals surface area contributed by atoms with E-state index in [1.807, 2.05) is 54.0 Å². The van der Waals surface area contributed by atoms with Crippen LogP contribution in [0.25, 0.3) is 0 Å². The lowest BCUT2D eigenvalue weighted by molar-refractivity contribution is -0.145. The van der Waals surface area contributed by atoms with Crippen LogP contribution in [0.5, 0.6) is 0 Å². The van der Waals surface area contributed by atoms with Crippen LogP contribution in [0.4, 0.5) is 0 Å². The Bertz CT molecular complexity index is 669. The summed E-state index contributed by atoms with van der Waals surface area (Å²) in [5.74, 6) is 0.0865. The van der Waals surface area contributed by atoms with Crippen LogP contribution in [0.15, 0.2) is 30.3 Å². The molecule has 0 spiro atoms. The average Bonchev–Trinajstić information content (AvgIpc) is 2.68. The van der Waals surface area contributed by atoms with E-state index in [1.54, 1.807) is 0 Å². The molecule has 140 valence electrons. The number of carbonyl (C=O) groups excluding carboxylic acids is 3. The summed E-state index contributed by atoms with van der Waals surface area (Å²) in [7, 11) is 0. The van der Waals surface area contributed by atoms with Crippen molar-refractivity contribution in [1.29, 1.82) is 0 Å². The lowest BCUT2D eigenvalue weighted by Crippen LogP contribution is -2.56. The minimum absolute atomic E-state index is 0.0209. The molecule has 2 fully saturated rings. The van der Waals surface area contributed by atoms with Crippen LogP contribution in [0.1, 0.15) is 32.3 Å². The standard InChI is InChI=1S/C20H27N3O3/c1-20(2,16-6-4-3-5-7-16)19(26)23-12-10-22(11-13-23)18(25)15-8-9-17(24)21-14-15/h3-7,15H,8-14H2,1-2H3,(H,21,24)/t15-/m0/s1. The quantitative estimate of drug-likeness (QED) is 0.883. The van der Waals surface area contributed by atoms with Gasteiger partial charge >= 0.3 is 0 Å². The van der Waals surface area contributed by atoms with Crippen LogP contribution in [0.2, 0.25) is 0 Å². The van der Waals surface area contributed by atoms with E-state index in [1.165, 1.54) is 0 Å². The number of nitrogens with one attached hydrogen (secondary N) is 1. The molecule has 26 heavy (non-hydrogen) atoms. The predicted octanol–water partition coefficient (Wildman–Crippen LogP) is 1.16. The molecule has 2 heterocycles. The van der Waals surface area contributed by atoms with E-state index in [9.17, 15) is 14.4 Å². The Morgan fingerprint density at radius 2 is 1.65 bits per heavy atom. The van der Waals surface area contributed by atoms with Gasteiger partial charge < -0.3 is 15.1 Å². The summed E-state index contributed by atoms with van der Waals surface area (Å²) in [5, 5.41) is 2.77. The number of carbonyl (C=O) groups is 3. The van der Waals surface area contributed by atoms with Crippen LogP contribution in [-0.4, -0.2) is 60.2 Å². The molecule has 0 saturated carbocycles. The van der Waals surface area contributed by atoms with Crippen molar-refractivity contribution in [3.8, 4) is 0 Å². The van der Waals surface area contributed by atoms with Crippen molar-refractivity contribution in [3.05, 3.63) is 35.9 Å². The Labute approximate surface area is 154 Å². The third-order valence-electron chi connectivity index (χ3n) is 5.52. The molecule has 1 N–H and O–H groups in total. The maximum atomic E-state index is 13.0. The summed E-state index contributed by atoms with van der Waals surface area (Å²) < 4.78 is 0. The van der Waals surface area contributed by atoms with E-state index in [0.29, 0.717) is 45.6 Å². The maximum absolute atomic E-state index is 13.0. The molecule has 1 atom stereocenters. The van der Waals surface area contributed by atoms with Crippen molar-refractivity contribution in [2.75, 3.05) is 32.7 Å². The Hall–Kier alpha value is -2.37. The van der Waals surface area contributed by atoms with Crippen LogP contribution >= 0.6 is 0 Å². The second-order valence-corrected chi connectivity index (χ2v) is 7.65. The van der Waals surface area contributed by atoms with Crippen molar-refractivity contribution in [3.63, 3.8) is 0 Å². The van der Waals surface area contributed by atoms with Crippen LogP contribution in [0, 0.1) is 5.92 Å². The highest BCUT2D eigenvalue weighted by atomic mass is 16.2. The summed E-state index contributed by atoms with van der Waals surface area (Å²) >= 11 is 0. The summed E-state index contributed by atoms with van der Waals surface area (Å²) in [5.41, 5.74) is 0.419. The fraction of sp³-hybridized carbons (Fsp3) is 0.550. The number of amides is 3. The molecule has 6 nitrogen and oxygen atoms in total. The monoisotopic (exact) mass is 357 g/mol. The van der Waals surface area contributed by atoms with Gasteiger partial charge in [0, 0.05) is 39.1 Å². The summed E-state index contributed by atoms with van der Waals surface area (Å²) in [4.78, 5) is 40.6. The average molecular weight is 357 g/mol. The molecular formula is C20H27N3O3. The fourth-order valence-corrected chi connectivity index (χ4v) is 3.71. The molecule has 2 aliphatic heterocycles. The maximum Gasteiger partial charge on any atom is 0.232 e. The molecule has 0 bridgehead atoms. The van der Waals surface area contributed by atoms with Crippen LogP contribution in [0.3, 0.4) is 0 Å². The van der Waals surface area contributed by atoms with Crippen molar-refractivity contribution in [1.82, 2.24) is 15.1 Å². The highest BCUT2D eigenvalue weighted by Gasteiger charge is 2.36. The van der Waals surface area contributed by atoms with Crippen molar-refractivity contribution < 1.29 is 14.4 Å². The predicted molar refractivity (Wildman–Crippen MR) is 98.4 cm³/mol. The number of benzene rings is 1. The first-order valence-corrected chi connectivity index (χ1v) is 9.30. The molecule has 0 unspecified atom stereocenters. The minimum Gasteiger partial charge on any atom is -0.355 e. The van der Waals surface area contributed by atoms with E-state index in [0.717, 1.165) is 5.56 Å². The Morgan fingerprint density at radius 1 is 1.04 bits per heavy atom. The van der Waals surface area contributed by atoms with Crippen molar-refractivity contribution >= 4 is 17.7 Å². The first-order chi connectivity index (χ1) is 12.4. The molecule has 0 radical (unpaired) electrons. The third-order valence-corrected chi connectivity index (χ3v) is 5.52. The molecule has 6 heteroatoms. The van der Waals surface area contributed by atoms with Gasteiger partial charge in [0.05, 0.1) is 11.3 Å². The van der Waals surface area contributed by atoms with Gasteiger partial charge in [-0.15, -0.1) is 0 Å². The topological polar surface area (TPSA) is 69.7 Å². The highest BCUT2D eigenvalue weighted by Crippen LogP contribution is 2.26. The van der Waals surface area contributed by atoms with E-state index >= 15 is 0 Å². The van der Waals surface area contributed by atoms with Gasteiger partial charge in [-0.05, 0) is 25.8 Å². The molecule has 0 aromatic heterocycles. The number of nitrogens with zero attached hydrogens (tertiary/aromatic N) is 2. The zero-order valence-electron chi connectivity index (χ0n) is 15.5. The second-order valence-electron chi connectivity index (χ2n) is 7.65. The SMILES string of the molecule is CC(C)(C(=O)N1CCN(C(=O)[C@H]2CCC(=O)NC2)CC1)c1ccccc1. The molecular weight excluding hydrogens is 330 g/mol. The Morgan fingerprint density at radius 3 is 2.23 bits per heavy atom. The lowest BCUT2D eigenvalue weighted by atomic mass is 9.83. The normalized spacial score (nSPS) is 21.3.